The topological polar surface area (TPSA) is 257 Å². The standard InChI is InChI=1S/C60H92O17/c1-13-38-20-37(27-61)18-30(5)52(74-46-23-43(65)54(35(10)72-46)76-47-24-44(66)53(36(11)73-47)75-45-22-42(64)51(67)34(9)71-45)28(3)16-15-17-58(12)25-31(6)32(7)26-60(58)56(69)48(57(70)77-60)55(68)59(14-2)49(38)29(4)19-39-41(63)21-40(62)33(8)50(39)59/h19-20,25,28,30,32-37,39,41-47,49-54,61,63-68H,13-18,21-24,26-27H2,1-12H3/b38-20+,55-48+/t28-,30-,32-,33+,34-,35-,36-,37-,39-,41+,42+,43+,44+,45+,46+,47+,49+,50-,51-,52-,53-,54-,58-,59-,60-/m1/s1. The molecule has 8 aliphatic rings. The van der Waals surface area contributed by atoms with Crippen molar-refractivity contribution in [2.24, 2.45) is 58.2 Å². The maximum atomic E-state index is 15.7. The molecule has 5 fully saturated rings. The first kappa shape index (κ1) is 60.2. The molecule has 2 bridgehead atoms. The van der Waals surface area contributed by atoms with Crippen LogP contribution in [0.15, 0.2) is 46.3 Å². The highest BCUT2D eigenvalue weighted by Crippen LogP contribution is 2.64. The first-order valence-electron chi connectivity index (χ1n) is 29.0. The second-order valence-corrected chi connectivity index (χ2v) is 25.2. The molecule has 4 aliphatic heterocycles. The lowest BCUT2D eigenvalue weighted by Gasteiger charge is -2.56. The molecule has 0 radical (unpaired) electrons. The molecule has 77 heavy (non-hydrogen) atoms. The highest BCUT2D eigenvalue weighted by molar-refractivity contribution is 6.26. The number of ketones is 2. The third-order valence-electron chi connectivity index (χ3n) is 20.0. The highest BCUT2D eigenvalue weighted by atomic mass is 16.7. The predicted octanol–water partition coefficient (Wildman–Crippen LogP) is 6.63. The van der Waals surface area contributed by atoms with E-state index in [4.69, 9.17) is 33.2 Å². The average Bonchev–Trinajstić information content (AvgIpc) is 3.67. The van der Waals surface area contributed by atoms with Gasteiger partial charge < -0.3 is 68.9 Å². The van der Waals surface area contributed by atoms with Crippen molar-refractivity contribution in [2.75, 3.05) is 6.61 Å². The van der Waals surface area contributed by atoms with Crippen molar-refractivity contribution >= 4 is 17.5 Å². The number of allylic oxidation sites excluding steroid dienone is 4. The van der Waals surface area contributed by atoms with Crippen molar-refractivity contribution in [1.29, 1.82) is 0 Å². The van der Waals surface area contributed by atoms with Crippen molar-refractivity contribution in [3.63, 3.8) is 0 Å². The second kappa shape index (κ2) is 23.5. The van der Waals surface area contributed by atoms with Crippen molar-refractivity contribution in [3.8, 4) is 0 Å². The lowest BCUT2D eigenvalue weighted by molar-refractivity contribution is -0.336. The molecule has 17 heteroatoms. The minimum Gasteiger partial charge on any atom is -0.511 e. The molecular weight excluding hydrogens is 993 g/mol. The zero-order valence-corrected chi connectivity index (χ0v) is 47.6. The van der Waals surface area contributed by atoms with E-state index in [1.807, 2.05) is 54.5 Å². The van der Waals surface area contributed by atoms with Crippen LogP contribution in [0.25, 0.3) is 0 Å². The van der Waals surface area contributed by atoms with E-state index in [2.05, 4.69) is 26.0 Å². The summed E-state index contributed by atoms with van der Waals surface area (Å²) in [5, 5.41) is 79.7. The molecule has 434 valence electrons. The molecule has 7 N–H and O–H groups in total. The van der Waals surface area contributed by atoms with Crippen molar-refractivity contribution < 1.29 is 83.3 Å². The first-order valence-corrected chi connectivity index (χ1v) is 29.0. The van der Waals surface area contributed by atoms with Gasteiger partial charge in [-0.1, -0.05) is 89.8 Å². The molecule has 4 heterocycles. The van der Waals surface area contributed by atoms with Crippen LogP contribution in [-0.4, -0.2) is 152 Å². The molecule has 4 aliphatic carbocycles. The Morgan fingerprint density at radius 1 is 0.714 bits per heavy atom. The third-order valence-corrected chi connectivity index (χ3v) is 20.0. The molecule has 1 spiro atoms. The van der Waals surface area contributed by atoms with E-state index in [1.54, 1.807) is 20.8 Å². The van der Waals surface area contributed by atoms with Gasteiger partial charge in [0, 0.05) is 73.2 Å². The summed E-state index contributed by atoms with van der Waals surface area (Å²) in [4.78, 5) is 44.3. The summed E-state index contributed by atoms with van der Waals surface area (Å²) in [6.45, 7) is 22.9. The van der Waals surface area contributed by atoms with Crippen LogP contribution in [0.3, 0.4) is 0 Å². The molecule has 4 saturated heterocycles. The van der Waals surface area contributed by atoms with E-state index in [0.717, 1.165) is 16.7 Å². The van der Waals surface area contributed by atoms with Crippen LogP contribution in [0.4, 0.5) is 0 Å². The Balaban J connectivity index is 1.09. The monoisotopic (exact) mass is 1080 g/mol. The number of ether oxygens (including phenoxy) is 7. The van der Waals surface area contributed by atoms with Crippen LogP contribution in [0.5, 0.6) is 0 Å². The lowest BCUT2D eigenvalue weighted by Crippen LogP contribution is -2.57. The van der Waals surface area contributed by atoms with Gasteiger partial charge in [-0.2, -0.15) is 0 Å². The maximum absolute atomic E-state index is 15.7. The summed E-state index contributed by atoms with van der Waals surface area (Å²) in [5.74, 6) is -5.27. The fourth-order valence-electron chi connectivity index (χ4n) is 15.7. The zero-order chi connectivity index (χ0) is 56.4. The number of hydrogen-bond donors (Lipinski definition) is 7. The minimum absolute atomic E-state index is 0.0265. The van der Waals surface area contributed by atoms with Gasteiger partial charge in [-0.05, 0) is 90.4 Å². The highest BCUT2D eigenvalue weighted by Gasteiger charge is 2.67. The molecule has 0 aromatic rings. The average molecular weight is 1090 g/mol. The molecule has 25 atom stereocenters. The Hall–Kier alpha value is -2.91. The number of aliphatic hydroxyl groups excluding tert-OH is 7. The summed E-state index contributed by atoms with van der Waals surface area (Å²) in [5.41, 5.74) is -1.59. The lowest BCUT2D eigenvalue weighted by atomic mass is 9.47. The fraction of sp³-hybridized carbons (Fsp3) is 0.817. The number of carbonyl (C=O) groups is 3. The molecule has 0 unspecified atom stereocenters. The van der Waals surface area contributed by atoms with E-state index >= 15 is 4.79 Å². The number of esters is 1. The van der Waals surface area contributed by atoms with Crippen LogP contribution in [0, 0.1) is 58.2 Å². The fourth-order valence-corrected chi connectivity index (χ4v) is 15.7. The van der Waals surface area contributed by atoms with E-state index in [1.165, 1.54) is 0 Å². The quantitative estimate of drug-likeness (QED) is 0.0727. The molecule has 0 aromatic heterocycles. The second-order valence-electron chi connectivity index (χ2n) is 25.2. The number of aliphatic hydroxyl groups is 7. The van der Waals surface area contributed by atoms with Gasteiger partial charge in [-0.25, -0.2) is 4.79 Å². The number of Topliss-reactive ketones (excluding diaryl/α,β-unsaturated/α-hetero) is 2. The molecule has 8 rings (SSSR count). The van der Waals surface area contributed by atoms with E-state index < -0.39 is 144 Å². The Kier molecular flexibility index (Phi) is 18.4. The van der Waals surface area contributed by atoms with Crippen molar-refractivity contribution in [1.82, 2.24) is 0 Å². The number of fused-ring (bicyclic) bond motifs is 4. The number of rotatable bonds is 9. The van der Waals surface area contributed by atoms with Crippen molar-refractivity contribution in [3.05, 3.63) is 46.3 Å². The van der Waals surface area contributed by atoms with Gasteiger partial charge in [0.05, 0.1) is 48.8 Å². The summed E-state index contributed by atoms with van der Waals surface area (Å²) in [7, 11) is 0. The van der Waals surface area contributed by atoms with Gasteiger partial charge in [0.15, 0.2) is 24.5 Å². The molecule has 1 saturated carbocycles. The van der Waals surface area contributed by atoms with Gasteiger partial charge in [0.25, 0.3) is 0 Å². The number of hydrogen-bond acceptors (Lipinski definition) is 17. The first-order chi connectivity index (χ1) is 36.3. The summed E-state index contributed by atoms with van der Waals surface area (Å²) < 4.78 is 44.4. The molecular formula is C60H92O17. The summed E-state index contributed by atoms with van der Waals surface area (Å²) in [6.07, 6.45) is -2.54. The zero-order valence-electron chi connectivity index (χ0n) is 47.6. The van der Waals surface area contributed by atoms with E-state index in [-0.39, 0.29) is 80.0 Å². The normalized spacial score (nSPS) is 50.0. The molecule has 0 aromatic carbocycles. The van der Waals surface area contributed by atoms with Crippen LogP contribution >= 0.6 is 0 Å². The van der Waals surface area contributed by atoms with Gasteiger partial charge in [-0.3, -0.25) is 9.59 Å². The Morgan fingerprint density at radius 2 is 1.29 bits per heavy atom. The third kappa shape index (κ3) is 11.0. The van der Waals surface area contributed by atoms with Crippen LogP contribution in [-0.2, 0) is 47.5 Å². The van der Waals surface area contributed by atoms with Crippen LogP contribution in [0.2, 0.25) is 0 Å². The van der Waals surface area contributed by atoms with E-state index in [9.17, 15) is 45.3 Å². The van der Waals surface area contributed by atoms with Crippen LogP contribution < -0.4 is 0 Å². The Morgan fingerprint density at radius 3 is 1.83 bits per heavy atom. The SMILES string of the molecule is CC/C1=C\[C@H](CO)C[C@@H](C)[C@H](O[C@H]2C[C@H](O)[C@H](O[C@H]3C[C@H](O)[C@H](O[C@H]4C[C@H](O)[C@H](O)[C@@H](C)O4)[C@@H](C)O3)[C@@H](C)O2)[C@H](C)CCC[C@]2(C)C=C(C)[C@H](C)C[C@]23OC(=O)/C(=C(/O)[C@@]2(CC)[C@H]4[C@H](C=C(C)[C@@H]12)[C@@H](O)CC(=O)[C@@H]4C)C3=O. The van der Waals surface area contributed by atoms with Crippen LogP contribution in [0.1, 0.15) is 154 Å². The Bertz CT molecular complexity index is 2260. The summed E-state index contributed by atoms with van der Waals surface area (Å²) in [6, 6.07) is 0. The van der Waals surface area contributed by atoms with Gasteiger partial charge in [-0.15, -0.1) is 0 Å². The van der Waals surface area contributed by atoms with Crippen molar-refractivity contribution in [2.45, 2.75) is 245 Å². The number of carbonyl (C=O) groups excluding carboxylic acids is 3. The predicted molar refractivity (Wildman–Crippen MR) is 282 cm³/mol. The Labute approximate surface area is 455 Å². The van der Waals surface area contributed by atoms with Gasteiger partial charge in [0.2, 0.25) is 5.78 Å². The molecule has 0 amide bonds. The smallest absolute Gasteiger partial charge is 0.346 e. The minimum atomic E-state index is -1.62. The van der Waals surface area contributed by atoms with Gasteiger partial charge >= 0.3 is 5.97 Å². The van der Waals surface area contributed by atoms with Gasteiger partial charge in [0.1, 0.15) is 35.4 Å². The summed E-state index contributed by atoms with van der Waals surface area (Å²) >= 11 is 0. The largest absolute Gasteiger partial charge is 0.511 e. The van der Waals surface area contributed by atoms with E-state index in [0.29, 0.717) is 32.1 Å². The molecule has 17 nitrogen and oxygen atoms in total. The maximum Gasteiger partial charge on any atom is 0.346 e.